The van der Waals surface area contributed by atoms with Crippen molar-refractivity contribution in [2.75, 3.05) is 40.4 Å². The normalized spacial score (nSPS) is 19.8. The van der Waals surface area contributed by atoms with E-state index in [1.165, 1.54) is 35.4 Å². The zero-order valence-electron chi connectivity index (χ0n) is 17.3. The van der Waals surface area contributed by atoms with Crippen LogP contribution in [0.4, 0.5) is 0 Å². The van der Waals surface area contributed by atoms with Crippen LogP contribution in [0.2, 0.25) is 0 Å². The molecule has 0 saturated heterocycles. The quantitative estimate of drug-likeness (QED) is 0.561. The molecule has 0 unspecified atom stereocenters. The predicted molar refractivity (Wildman–Crippen MR) is 120 cm³/mol. The third-order valence-electron chi connectivity index (χ3n) is 5.15. The van der Waals surface area contributed by atoms with Crippen molar-refractivity contribution < 1.29 is 9.47 Å². The first-order valence-corrected chi connectivity index (χ1v) is 12.2. The van der Waals surface area contributed by atoms with Gasteiger partial charge in [0.15, 0.2) is 0 Å². The highest BCUT2D eigenvalue weighted by molar-refractivity contribution is 7.10. The second-order valence-electron chi connectivity index (χ2n) is 7.71. The number of nitrogens with zero attached hydrogens (tertiary/aromatic N) is 2. The fraction of sp³-hybridized carbons (Fsp3) is 0.636. The van der Waals surface area contributed by atoms with Crippen LogP contribution in [-0.4, -0.2) is 50.2 Å². The fourth-order valence-electron chi connectivity index (χ4n) is 3.41. The Morgan fingerprint density at radius 3 is 1.57 bits per heavy atom. The van der Waals surface area contributed by atoms with Crippen LogP contribution < -0.4 is 9.47 Å². The Hall–Kier alpha value is -1.08. The monoisotopic (exact) mass is 422 g/mol. The number of ether oxygens (including phenoxy) is 2. The van der Waals surface area contributed by atoms with E-state index in [0.29, 0.717) is 0 Å². The van der Waals surface area contributed by atoms with Crippen LogP contribution in [0.5, 0.6) is 11.5 Å². The van der Waals surface area contributed by atoms with E-state index in [-0.39, 0.29) is 0 Å². The van der Waals surface area contributed by atoms with Crippen molar-refractivity contribution in [2.45, 2.75) is 51.6 Å². The summed E-state index contributed by atoms with van der Waals surface area (Å²) >= 11 is 3.61. The van der Waals surface area contributed by atoms with Crippen LogP contribution >= 0.6 is 22.7 Å². The van der Waals surface area contributed by atoms with Gasteiger partial charge in [-0.05, 0) is 49.8 Å². The molecule has 3 rings (SSSR count). The topological polar surface area (TPSA) is 24.9 Å². The number of hydrogen-bond acceptors (Lipinski definition) is 6. The first-order valence-electron chi connectivity index (χ1n) is 10.5. The van der Waals surface area contributed by atoms with E-state index in [2.05, 4.69) is 46.8 Å². The maximum atomic E-state index is 6.06. The van der Waals surface area contributed by atoms with Crippen LogP contribution in [0.3, 0.4) is 0 Å². The van der Waals surface area contributed by atoms with Crippen molar-refractivity contribution in [3.63, 3.8) is 0 Å². The van der Waals surface area contributed by atoms with E-state index in [1.807, 2.05) is 0 Å². The molecule has 0 spiro atoms. The molecule has 0 atom stereocenters. The van der Waals surface area contributed by atoms with Gasteiger partial charge in [0.2, 0.25) is 0 Å². The van der Waals surface area contributed by atoms with Crippen molar-refractivity contribution in [1.29, 1.82) is 0 Å². The lowest BCUT2D eigenvalue weighted by Gasteiger charge is -2.22. The Bertz CT molecular complexity index is 627. The van der Waals surface area contributed by atoms with Gasteiger partial charge in [0.05, 0.1) is 23.0 Å². The largest absolute Gasteiger partial charge is 0.492 e. The summed E-state index contributed by atoms with van der Waals surface area (Å²) in [6, 6.07) is 4.26. The molecule has 4 nitrogen and oxygen atoms in total. The molecule has 1 aliphatic heterocycles. The van der Waals surface area contributed by atoms with Crippen molar-refractivity contribution in [3.8, 4) is 11.5 Å². The molecule has 0 amide bonds. The van der Waals surface area contributed by atoms with Gasteiger partial charge in [-0.2, -0.15) is 0 Å². The van der Waals surface area contributed by atoms with Gasteiger partial charge >= 0.3 is 0 Å². The fourth-order valence-corrected chi connectivity index (χ4v) is 5.20. The zero-order chi connectivity index (χ0) is 19.6. The molecular weight excluding hydrogens is 388 g/mol. The molecule has 6 heteroatoms. The summed E-state index contributed by atoms with van der Waals surface area (Å²) in [5, 5.41) is 4.30. The molecule has 0 aromatic carbocycles. The van der Waals surface area contributed by atoms with E-state index in [4.69, 9.17) is 9.47 Å². The molecule has 0 fully saturated rings. The number of likely N-dealkylation sites (N-methyl/N-ethyl adjacent to an activating group) is 2. The van der Waals surface area contributed by atoms with E-state index in [0.717, 1.165) is 63.7 Å². The van der Waals surface area contributed by atoms with E-state index >= 15 is 0 Å². The molecule has 156 valence electrons. The minimum atomic E-state index is 0.834. The molecule has 0 N–H and O–H groups in total. The van der Waals surface area contributed by atoms with Gasteiger partial charge in [0.25, 0.3) is 0 Å². The number of rotatable bonds is 0. The Balaban J connectivity index is 1.58. The molecule has 1 aliphatic rings. The minimum Gasteiger partial charge on any atom is -0.492 e. The van der Waals surface area contributed by atoms with Gasteiger partial charge < -0.3 is 9.47 Å². The molecule has 2 aromatic rings. The Morgan fingerprint density at radius 1 is 0.679 bits per heavy atom. The van der Waals surface area contributed by atoms with Gasteiger partial charge in [0.1, 0.15) is 11.5 Å². The summed E-state index contributed by atoms with van der Waals surface area (Å²) in [4.78, 5) is 7.46. The minimum absolute atomic E-state index is 0.834. The first kappa shape index (κ1) is 21.6. The van der Waals surface area contributed by atoms with Crippen molar-refractivity contribution in [2.24, 2.45) is 0 Å². The smallest absolute Gasteiger partial charge is 0.134 e. The van der Waals surface area contributed by atoms with Gasteiger partial charge in [0, 0.05) is 26.2 Å². The molecular formula is C22H34N2O2S2. The molecule has 2 aromatic heterocycles. The van der Waals surface area contributed by atoms with Gasteiger partial charge in [-0.3, -0.25) is 9.80 Å². The van der Waals surface area contributed by atoms with Crippen LogP contribution in [0, 0.1) is 0 Å². The molecule has 0 aliphatic carbocycles. The lowest BCUT2D eigenvalue weighted by Crippen LogP contribution is -2.30. The summed E-state index contributed by atoms with van der Waals surface area (Å²) in [5.41, 5.74) is 0. The molecule has 0 saturated carbocycles. The van der Waals surface area contributed by atoms with Crippen LogP contribution in [0.15, 0.2) is 22.9 Å². The Morgan fingerprint density at radius 2 is 1.11 bits per heavy atom. The van der Waals surface area contributed by atoms with Crippen molar-refractivity contribution in [1.82, 2.24) is 9.80 Å². The number of fused-ring (bicyclic) bond motifs is 2. The number of thiophene rings is 2. The second-order valence-corrected chi connectivity index (χ2v) is 9.71. The van der Waals surface area contributed by atoms with E-state index in [1.54, 1.807) is 22.7 Å². The summed E-state index contributed by atoms with van der Waals surface area (Å²) in [5.74, 6) is 2.17. The zero-order valence-corrected chi connectivity index (χ0v) is 19.0. The molecule has 0 radical (unpaired) electrons. The molecule has 28 heavy (non-hydrogen) atoms. The van der Waals surface area contributed by atoms with Crippen LogP contribution in [0.1, 0.15) is 48.3 Å². The third-order valence-corrected chi connectivity index (χ3v) is 6.93. The maximum Gasteiger partial charge on any atom is 0.134 e. The lowest BCUT2D eigenvalue weighted by molar-refractivity contribution is 0.240. The summed E-state index contributed by atoms with van der Waals surface area (Å²) in [6.07, 6.45) is 7.37. The summed E-state index contributed by atoms with van der Waals surface area (Å²) < 4.78 is 12.1. The highest BCUT2D eigenvalue weighted by Crippen LogP contribution is 2.28. The third kappa shape index (κ3) is 7.07. The lowest BCUT2D eigenvalue weighted by atomic mass is 10.1. The van der Waals surface area contributed by atoms with Crippen molar-refractivity contribution >= 4 is 22.7 Å². The highest BCUT2D eigenvalue weighted by Gasteiger charge is 2.12. The van der Waals surface area contributed by atoms with Gasteiger partial charge in [-0.1, -0.05) is 25.7 Å². The van der Waals surface area contributed by atoms with Gasteiger partial charge in [-0.25, -0.2) is 0 Å². The SMILES string of the molecule is CN1CCN(C)Cc2sccc2OCCCCCCCCOc2ccsc2C1. The standard InChI is InChI=1S/C22H34N2O2S2/c1-23-11-12-24(2)18-22-20(10-16-28-22)26-14-8-6-4-3-5-7-13-25-19-9-15-27-21(19)17-23/h9-10,15-16H,3-8,11-14,17-18H2,1-2H3. The number of hydrogen-bond donors (Lipinski definition) is 0. The molecule has 0 bridgehead atoms. The predicted octanol–water partition coefficient (Wildman–Crippen LogP) is 5.49. The Kier molecular flexibility index (Phi) is 9.12. The van der Waals surface area contributed by atoms with Gasteiger partial charge in [-0.15, -0.1) is 22.7 Å². The van der Waals surface area contributed by atoms with Crippen LogP contribution in [0.25, 0.3) is 0 Å². The first-order chi connectivity index (χ1) is 13.7. The summed E-state index contributed by atoms with van der Waals surface area (Å²) in [7, 11) is 4.39. The average molecular weight is 423 g/mol. The van der Waals surface area contributed by atoms with E-state index in [9.17, 15) is 0 Å². The Labute approximate surface area is 178 Å². The maximum absolute atomic E-state index is 6.06. The molecule has 3 heterocycles. The van der Waals surface area contributed by atoms with Crippen molar-refractivity contribution in [3.05, 3.63) is 32.6 Å². The highest BCUT2D eigenvalue weighted by atomic mass is 32.1. The second kappa shape index (κ2) is 11.8. The average Bonchev–Trinajstić information content (AvgIpc) is 3.30. The summed E-state index contributed by atoms with van der Waals surface area (Å²) in [6.45, 7) is 5.65. The van der Waals surface area contributed by atoms with E-state index < -0.39 is 0 Å². The van der Waals surface area contributed by atoms with Crippen LogP contribution in [-0.2, 0) is 13.1 Å².